The van der Waals surface area contributed by atoms with Crippen molar-refractivity contribution in [2.75, 3.05) is 0 Å². The first-order valence-electron chi connectivity index (χ1n) is 12.6. The Bertz CT molecular complexity index is 1170. The van der Waals surface area contributed by atoms with Gasteiger partial charge in [0.05, 0.1) is 18.3 Å². The SMILES string of the molecule is CCn1nccc1CNC(=O)C1CCC(Oc2ccc3c(c2)CCC(c2ccccc2F)O3)CC1. The van der Waals surface area contributed by atoms with Gasteiger partial charge < -0.3 is 14.8 Å². The van der Waals surface area contributed by atoms with Crippen molar-refractivity contribution in [1.29, 1.82) is 0 Å². The fourth-order valence-corrected chi connectivity index (χ4v) is 5.15. The van der Waals surface area contributed by atoms with Gasteiger partial charge >= 0.3 is 0 Å². The molecule has 7 heteroatoms. The van der Waals surface area contributed by atoms with Gasteiger partial charge in [-0.2, -0.15) is 5.10 Å². The molecule has 0 spiro atoms. The number of hydrogen-bond acceptors (Lipinski definition) is 4. The highest BCUT2D eigenvalue weighted by Crippen LogP contribution is 2.38. The molecule has 35 heavy (non-hydrogen) atoms. The molecule has 2 aromatic carbocycles. The normalized spacial score (nSPS) is 21.6. The summed E-state index contributed by atoms with van der Waals surface area (Å²) >= 11 is 0. The van der Waals surface area contributed by atoms with Crippen LogP contribution in [0.5, 0.6) is 11.5 Å². The van der Waals surface area contributed by atoms with Gasteiger partial charge in [0.25, 0.3) is 0 Å². The number of ether oxygens (including phenoxy) is 2. The second kappa shape index (κ2) is 10.5. The number of carbonyl (C=O) groups excluding carboxylic acids is 1. The van der Waals surface area contributed by atoms with E-state index in [-0.39, 0.29) is 29.9 Å². The van der Waals surface area contributed by atoms with E-state index in [1.54, 1.807) is 18.3 Å². The number of carbonyl (C=O) groups is 1. The van der Waals surface area contributed by atoms with Gasteiger partial charge in [0.1, 0.15) is 23.4 Å². The maximum atomic E-state index is 14.2. The Hall–Kier alpha value is -3.35. The minimum Gasteiger partial charge on any atom is -0.490 e. The number of hydrogen-bond donors (Lipinski definition) is 1. The molecule has 5 rings (SSSR count). The number of aryl methyl sites for hydroxylation is 2. The monoisotopic (exact) mass is 477 g/mol. The van der Waals surface area contributed by atoms with E-state index >= 15 is 0 Å². The average Bonchev–Trinajstić information content (AvgIpc) is 3.35. The lowest BCUT2D eigenvalue weighted by molar-refractivity contribution is -0.126. The Balaban J connectivity index is 1.11. The predicted molar refractivity (Wildman–Crippen MR) is 131 cm³/mol. The fraction of sp³-hybridized carbons (Fsp3) is 0.429. The molecule has 2 aliphatic rings. The quantitative estimate of drug-likeness (QED) is 0.497. The zero-order valence-corrected chi connectivity index (χ0v) is 20.1. The molecule has 1 saturated carbocycles. The van der Waals surface area contributed by atoms with Crippen LogP contribution in [0.2, 0.25) is 0 Å². The molecule has 2 heterocycles. The maximum absolute atomic E-state index is 14.2. The van der Waals surface area contributed by atoms with E-state index in [2.05, 4.69) is 10.4 Å². The van der Waals surface area contributed by atoms with Crippen LogP contribution in [0.1, 0.15) is 62.0 Å². The largest absolute Gasteiger partial charge is 0.490 e. The minimum atomic E-state index is -0.264. The molecule has 3 aromatic rings. The van der Waals surface area contributed by atoms with Crippen molar-refractivity contribution in [2.24, 2.45) is 5.92 Å². The van der Waals surface area contributed by atoms with Crippen LogP contribution in [-0.2, 0) is 24.3 Å². The summed E-state index contributed by atoms with van der Waals surface area (Å²) < 4.78 is 28.4. The Kier molecular flexibility index (Phi) is 7.02. The van der Waals surface area contributed by atoms with Gasteiger partial charge in [0.2, 0.25) is 5.91 Å². The molecule has 1 aliphatic heterocycles. The van der Waals surface area contributed by atoms with Crippen LogP contribution in [0, 0.1) is 11.7 Å². The second-order valence-corrected chi connectivity index (χ2v) is 9.38. The Labute approximate surface area is 205 Å². The molecule has 0 radical (unpaired) electrons. The molecule has 0 bridgehead atoms. The number of amides is 1. The van der Waals surface area contributed by atoms with Crippen molar-refractivity contribution in [3.8, 4) is 11.5 Å². The molecule has 1 unspecified atom stereocenters. The van der Waals surface area contributed by atoms with Crippen molar-refractivity contribution >= 4 is 5.91 Å². The maximum Gasteiger partial charge on any atom is 0.223 e. The smallest absolute Gasteiger partial charge is 0.223 e. The number of fused-ring (bicyclic) bond motifs is 1. The van der Waals surface area contributed by atoms with Gasteiger partial charge in [-0.1, -0.05) is 18.2 Å². The van der Waals surface area contributed by atoms with Crippen molar-refractivity contribution in [2.45, 2.75) is 70.7 Å². The van der Waals surface area contributed by atoms with E-state index in [0.29, 0.717) is 12.1 Å². The van der Waals surface area contributed by atoms with Crippen LogP contribution in [0.4, 0.5) is 4.39 Å². The number of aromatic nitrogens is 2. The van der Waals surface area contributed by atoms with Crippen molar-refractivity contribution in [1.82, 2.24) is 15.1 Å². The molecule has 1 N–H and O–H groups in total. The topological polar surface area (TPSA) is 65.4 Å². The van der Waals surface area contributed by atoms with E-state index in [1.807, 2.05) is 41.9 Å². The molecule has 0 saturated heterocycles. The third-order valence-electron chi connectivity index (χ3n) is 7.12. The lowest BCUT2D eigenvalue weighted by Gasteiger charge is -2.30. The van der Waals surface area contributed by atoms with E-state index in [4.69, 9.17) is 9.47 Å². The van der Waals surface area contributed by atoms with Crippen LogP contribution in [0.3, 0.4) is 0 Å². The summed E-state index contributed by atoms with van der Waals surface area (Å²) in [4.78, 5) is 12.6. The zero-order chi connectivity index (χ0) is 24.2. The summed E-state index contributed by atoms with van der Waals surface area (Å²) in [7, 11) is 0. The number of benzene rings is 2. The predicted octanol–water partition coefficient (Wildman–Crippen LogP) is 5.36. The van der Waals surface area contributed by atoms with Gasteiger partial charge in [-0.25, -0.2) is 4.39 Å². The van der Waals surface area contributed by atoms with E-state index in [0.717, 1.165) is 67.8 Å². The highest BCUT2D eigenvalue weighted by atomic mass is 19.1. The number of nitrogens with zero attached hydrogens (tertiary/aromatic N) is 2. The highest BCUT2D eigenvalue weighted by Gasteiger charge is 2.28. The summed E-state index contributed by atoms with van der Waals surface area (Å²) in [6, 6.07) is 14.7. The number of nitrogens with one attached hydrogen (secondary N) is 1. The third-order valence-corrected chi connectivity index (χ3v) is 7.12. The Morgan fingerprint density at radius 3 is 2.77 bits per heavy atom. The van der Waals surface area contributed by atoms with E-state index in [9.17, 15) is 9.18 Å². The molecule has 1 atom stereocenters. The summed E-state index contributed by atoms with van der Waals surface area (Å²) in [5.41, 5.74) is 2.72. The van der Waals surface area contributed by atoms with Crippen molar-refractivity contribution in [3.63, 3.8) is 0 Å². The molecular weight excluding hydrogens is 445 g/mol. The highest BCUT2D eigenvalue weighted by molar-refractivity contribution is 5.78. The van der Waals surface area contributed by atoms with Gasteiger partial charge in [-0.15, -0.1) is 0 Å². The summed E-state index contributed by atoms with van der Waals surface area (Å²) in [5.74, 6) is 1.54. The summed E-state index contributed by atoms with van der Waals surface area (Å²) in [5, 5.41) is 7.32. The standard InChI is InChI=1S/C28H32FN3O3/c1-2-32-21(15-16-31-32)18-30-28(33)19-7-10-22(11-8-19)34-23-12-14-26-20(17-23)9-13-27(35-26)24-5-3-4-6-25(24)29/h3-6,12,14-17,19,22,27H,2,7-11,13,18H2,1H3,(H,30,33). The first-order chi connectivity index (χ1) is 17.1. The molecule has 1 amide bonds. The lowest BCUT2D eigenvalue weighted by Crippen LogP contribution is -2.35. The van der Waals surface area contributed by atoms with Crippen LogP contribution in [-0.4, -0.2) is 21.8 Å². The lowest BCUT2D eigenvalue weighted by atomic mass is 9.86. The van der Waals surface area contributed by atoms with Gasteiger partial charge in [-0.3, -0.25) is 9.48 Å². The van der Waals surface area contributed by atoms with Crippen LogP contribution in [0.25, 0.3) is 0 Å². The molecule has 1 fully saturated rings. The Morgan fingerprint density at radius 2 is 1.97 bits per heavy atom. The second-order valence-electron chi connectivity index (χ2n) is 9.38. The number of halogens is 1. The summed E-state index contributed by atoms with van der Waals surface area (Å²) in [6.45, 7) is 3.34. The van der Waals surface area contributed by atoms with Crippen LogP contribution >= 0.6 is 0 Å². The average molecular weight is 478 g/mol. The number of rotatable bonds is 7. The van der Waals surface area contributed by atoms with Crippen LogP contribution in [0.15, 0.2) is 54.7 Å². The molecule has 1 aromatic heterocycles. The van der Waals surface area contributed by atoms with Gasteiger partial charge in [-0.05, 0) is 81.3 Å². The van der Waals surface area contributed by atoms with Gasteiger partial charge in [0.15, 0.2) is 0 Å². The van der Waals surface area contributed by atoms with E-state index < -0.39 is 0 Å². The first-order valence-corrected chi connectivity index (χ1v) is 12.6. The van der Waals surface area contributed by atoms with E-state index in [1.165, 1.54) is 6.07 Å². The zero-order valence-electron chi connectivity index (χ0n) is 20.1. The molecule has 184 valence electrons. The fourth-order valence-electron chi connectivity index (χ4n) is 5.15. The van der Waals surface area contributed by atoms with Crippen molar-refractivity contribution < 1.29 is 18.7 Å². The van der Waals surface area contributed by atoms with Gasteiger partial charge in [0, 0.05) is 24.2 Å². The first kappa shape index (κ1) is 23.4. The van der Waals surface area contributed by atoms with Crippen molar-refractivity contribution in [3.05, 3.63) is 77.4 Å². The minimum absolute atomic E-state index is 0.0279. The Morgan fingerprint density at radius 1 is 1.14 bits per heavy atom. The molecular formula is C28H32FN3O3. The third kappa shape index (κ3) is 5.34. The molecule has 6 nitrogen and oxygen atoms in total. The summed E-state index contributed by atoms with van der Waals surface area (Å²) in [6.07, 6.45) is 6.51. The molecule has 1 aliphatic carbocycles. The van der Waals surface area contributed by atoms with Crippen LogP contribution < -0.4 is 14.8 Å².